The molecule has 1 aromatic rings. The highest BCUT2D eigenvalue weighted by atomic mass is 79.9. The van der Waals surface area contributed by atoms with Crippen molar-refractivity contribution in [1.29, 1.82) is 0 Å². The molecular formula is C15H20BrFO2. The fourth-order valence-corrected chi connectivity index (χ4v) is 3.58. The van der Waals surface area contributed by atoms with E-state index in [1.54, 1.807) is 12.1 Å². The fourth-order valence-electron chi connectivity index (χ4n) is 3.16. The molecule has 0 spiro atoms. The molecule has 106 valence electrons. The number of aliphatic hydroxyl groups is 2. The van der Waals surface area contributed by atoms with Crippen LogP contribution >= 0.6 is 15.9 Å². The molecule has 4 heteroatoms. The first kappa shape index (κ1) is 14.9. The van der Waals surface area contributed by atoms with Crippen molar-refractivity contribution in [2.75, 3.05) is 13.2 Å². The lowest BCUT2D eigenvalue weighted by molar-refractivity contribution is 0.00568. The zero-order valence-corrected chi connectivity index (χ0v) is 12.5. The predicted molar refractivity (Wildman–Crippen MR) is 76.4 cm³/mol. The zero-order valence-electron chi connectivity index (χ0n) is 10.9. The Morgan fingerprint density at radius 2 is 1.84 bits per heavy atom. The third-order valence-corrected chi connectivity index (χ3v) is 5.00. The SMILES string of the molecule is OCC(CO)(Cc1ccc(F)c(Br)c1)C1CCCC1. The second-order valence-electron chi connectivity index (χ2n) is 5.59. The molecule has 2 rings (SSSR count). The Kier molecular flexibility index (Phi) is 4.98. The minimum Gasteiger partial charge on any atom is -0.396 e. The maximum Gasteiger partial charge on any atom is 0.137 e. The summed E-state index contributed by atoms with van der Waals surface area (Å²) in [5.74, 6) is 0.0644. The lowest BCUT2D eigenvalue weighted by atomic mass is 9.71. The smallest absolute Gasteiger partial charge is 0.137 e. The average Bonchev–Trinajstić information content (AvgIpc) is 2.95. The second-order valence-corrected chi connectivity index (χ2v) is 6.44. The summed E-state index contributed by atoms with van der Waals surface area (Å²) >= 11 is 3.18. The van der Waals surface area contributed by atoms with E-state index in [0.717, 1.165) is 18.4 Å². The van der Waals surface area contributed by atoms with Gasteiger partial charge in [0.15, 0.2) is 0 Å². The van der Waals surface area contributed by atoms with E-state index in [1.165, 1.54) is 18.9 Å². The van der Waals surface area contributed by atoms with Gasteiger partial charge in [-0.3, -0.25) is 0 Å². The van der Waals surface area contributed by atoms with Crippen LogP contribution in [0.3, 0.4) is 0 Å². The van der Waals surface area contributed by atoms with E-state index in [2.05, 4.69) is 15.9 Å². The molecule has 2 nitrogen and oxygen atoms in total. The summed E-state index contributed by atoms with van der Waals surface area (Å²) in [5, 5.41) is 19.6. The fraction of sp³-hybridized carbons (Fsp3) is 0.600. The highest BCUT2D eigenvalue weighted by molar-refractivity contribution is 9.10. The normalized spacial score (nSPS) is 17.1. The summed E-state index contributed by atoms with van der Waals surface area (Å²) < 4.78 is 13.7. The average molecular weight is 331 g/mol. The number of halogens is 2. The molecule has 1 saturated carbocycles. The van der Waals surface area contributed by atoms with Crippen molar-refractivity contribution in [3.05, 3.63) is 34.1 Å². The Balaban J connectivity index is 2.21. The highest BCUT2D eigenvalue weighted by Crippen LogP contribution is 2.42. The maximum absolute atomic E-state index is 13.3. The van der Waals surface area contributed by atoms with Crippen molar-refractivity contribution in [2.24, 2.45) is 11.3 Å². The lowest BCUT2D eigenvalue weighted by Crippen LogP contribution is -2.39. The van der Waals surface area contributed by atoms with E-state index in [1.807, 2.05) is 0 Å². The predicted octanol–water partition coefficient (Wildman–Crippen LogP) is 3.29. The molecular weight excluding hydrogens is 311 g/mol. The molecule has 0 radical (unpaired) electrons. The van der Waals surface area contributed by atoms with Crippen LogP contribution in [-0.2, 0) is 6.42 Å². The van der Waals surface area contributed by atoms with Crippen LogP contribution in [0, 0.1) is 17.2 Å². The molecule has 0 amide bonds. The molecule has 1 fully saturated rings. The topological polar surface area (TPSA) is 40.5 Å². The van der Waals surface area contributed by atoms with Crippen LogP contribution in [0.1, 0.15) is 31.2 Å². The third-order valence-electron chi connectivity index (χ3n) is 4.39. The third kappa shape index (κ3) is 3.18. The quantitative estimate of drug-likeness (QED) is 0.869. The van der Waals surface area contributed by atoms with Crippen LogP contribution in [0.2, 0.25) is 0 Å². The molecule has 2 N–H and O–H groups in total. The minimum atomic E-state index is -0.478. The van der Waals surface area contributed by atoms with Gasteiger partial charge in [-0.1, -0.05) is 18.9 Å². The summed E-state index contributed by atoms with van der Waals surface area (Å²) in [5.41, 5.74) is 0.469. The van der Waals surface area contributed by atoms with E-state index in [4.69, 9.17) is 0 Å². The van der Waals surface area contributed by atoms with Gasteiger partial charge in [0.1, 0.15) is 5.82 Å². The highest BCUT2D eigenvalue weighted by Gasteiger charge is 2.39. The van der Waals surface area contributed by atoms with Gasteiger partial charge in [-0.25, -0.2) is 4.39 Å². The summed E-state index contributed by atoms with van der Waals surface area (Å²) in [7, 11) is 0. The first-order valence-electron chi connectivity index (χ1n) is 6.77. The maximum atomic E-state index is 13.3. The minimum absolute atomic E-state index is 0.0246. The van der Waals surface area contributed by atoms with Gasteiger partial charge in [0.05, 0.1) is 17.7 Å². The summed E-state index contributed by atoms with van der Waals surface area (Å²) in [6.45, 7) is -0.0493. The molecule has 19 heavy (non-hydrogen) atoms. The Hall–Kier alpha value is -0.450. The van der Waals surface area contributed by atoms with Gasteiger partial charge in [-0.05, 0) is 58.8 Å². The van der Waals surface area contributed by atoms with Crippen LogP contribution < -0.4 is 0 Å². The van der Waals surface area contributed by atoms with Crippen LogP contribution in [-0.4, -0.2) is 23.4 Å². The van der Waals surface area contributed by atoms with Crippen molar-refractivity contribution < 1.29 is 14.6 Å². The van der Waals surface area contributed by atoms with Gasteiger partial charge in [0, 0.05) is 5.41 Å². The monoisotopic (exact) mass is 330 g/mol. The van der Waals surface area contributed by atoms with Crippen LogP contribution in [0.4, 0.5) is 4.39 Å². The lowest BCUT2D eigenvalue weighted by Gasteiger charge is -2.36. The van der Waals surface area contributed by atoms with Crippen molar-refractivity contribution in [1.82, 2.24) is 0 Å². The molecule has 1 aliphatic carbocycles. The number of benzene rings is 1. The first-order chi connectivity index (χ1) is 9.11. The molecule has 1 aliphatic rings. The zero-order chi connectivity index (χ0) is 13.9. The summed E-state index contributed by atoms with van der Waals surface area (Å²) in [6, 6.07) is 4.90. The first-order valence-corrected chi connectivity index (χ1v) is 7.56. The van der Waals surface area contributed by atoms with E-state index in [0.29, 0.717) is 16.8 Å². The Morgan fingerprint density at radius 1 is 1.21 bits per heavy atom. The van der Waals surface area contributed by atoms with E-state index < -0.39 is 5.41 Å². The number of rotatable bonds is 5. The van der Waals surface area contributed by atoms with Gasteiger partial charge in [0.2, 0.25) is 0 Å². The van der Waals surface area contributed by atoms with Crippen molar-refractivity contribution in [3.63, 3.8) is 0 Å². The van der Waals surface area contributed by atoms with E-state index >= 15 is 0 Å². The standard InChI is InChI=1S/C15H20BrFO2/c16-13-7-11(5-6-14(13)17)8-15(9-18,10-19)12-3-1-2-4-12/h5-7,12,18-19H,1-4,8-10H2. The number of hydrogen-bond donors (Lipinski definition) is 2. The Labute approximate surface area is 121 Å². The van der Waals surface area contributed by atoms with Crippen molar-refractivity contribution in [2.45, 2.75) is 32.1 Å². The molecule has 0 bridgehead atoms. The molecule has 0 saturated heterocycles. The molecule has 1 aromatic carbocycles. The van der Waals surface area contributed by atoms with E-state index in [-0.39, 0.29) is 19.0 Å². The molecule has 0 heterocycles. The second kappa shape index (κ2) is 6.33. The molecule has 0 atom stereocenters. The van der Waals surface area contributed by atoms with Crippen LogP contribution in [0.15, 0.2) is 22.7 Å². The molecule has 0 aliphatic heterocycles. The van der Waals surface area contributed by atoms with Crippen molar-refractivity contribution >= 4 is 15.9 Å². The molecule has 0 aromatic heterocycles. The van der Waals surface area contributed by atoms with Crippen LogP contribution in [0.25, 0.3) is 0 Å². The summed E-state index contributed by atoms with van der Waals surface area (Å²) in [6.07, 6.45) is 5.04. The van der Waals surface area contributed by atoms with Gasteiger partial charge >= 0.3 is 0 Å². The van der Waals surface area contributed by atoms with Gasteiger partial charge < -0.3 is 10.2 Å². The number of aliphatic hydroxyl groups excluding tert-OH is 2. The Bertz CT molecular complexity index is 426. The molecule has 0 unspecified atom stereocenters. The van der Waals surface area contributed by atoms with Gasteiger partial charge in [0.25, 0.3) is 0 Å². The van der Waals surface area contributed by atoms with Gasteiger partial charge in [-0.15, -0.1) is 0 Å². The van der Waals surface area contributed by atoms with Crippen molar-refractivity contribution in [3.8, 4) is 0 Å². The van der Waals surface area contributed by atoms with Gasteiger partial charge in [-0.2, -0.15) is 0 Å². The van der Waals surface area contributed by atoms with Crippen LogP contribution in [0.5, 0.6) is 0 Å². The number of hydrogen-bond acceptors (Lipinski definition) is 2. The Morgan fingerprint density at radius 3 is 2.37 bits per heavy atom. The largest absolute Gasteiger partial charge is 0.396 e. The van der Waals surface area contributed by atoms with E-state index in [9.17, 15) is 14.6 Å². The summed E-state index contributed by atoms with van der Waals surface area (Å²) in [4.78, 5) is 0.